The molecule has 0 bridgehead atoms. The van der Waals surface area contributed by atoms with Gasteiger partial charge in [0.05, 0.1) is 0 Å². The number of hydrogen-bond donors (Lipinski definition) is 3. The Kier molecular flexibility index (Phi) is 4.51. The van der Waals surface area contributed by atoms with Crippen molar-refractivity contribution in [3.8, 4) is 0 Å². The third-order valence-electron chi connectivity index (χ3n) is 3.09. The van der Waals surface area contributed by atoms with E-state index in [1.54, 1.807) is 0 Å². The Hall–Kier alpha value is -1.10. The van der Waals surface area contributed by atoms with Crippen LogP contribution in [0.4, 0.5) is 0 Å². The second kappa shape index (κ2) is 5.49. The number of hydrogen-bond acceptors (Lipinski definition) is 3. The summed E-state index contributed by atoms with van der Waals surface area (Å²) in [6.07, 6.45) is 3.06. The minimum atomic E-state index is -0.845. The van der Waals surface area contributed by atoms with E-state index in [9.17, 15) is 9.59 Å². The lowest BCUT2D eigenvalue weighted by Gasteiger charge is -2.26. The fourth-order valence-electron chi connectivity index (χ4n) is 1.82. The highest BCUT2D eigenvalue weighted by Crippen LogP contribution is 2.32. The molecular weight excluding hydrogens is 220 g/mol. The Morgan fingerprint density at radius 1 is 1.47 bits per heavy atom. The summed E-state index contributed by atoms with van der Waals surface area (Å²) in [4.78, 5) is 22.2. The van der Waals surface area contributed by atoms with E-state index in [1.807, 2.05) is 13.8 Å². The van der Waals surface area contributed by atoms with Gasteiger partial charge in [-0.2, -0.15) is 0 Å². The molecule has 98 valence electrons. The fourth-order valence-corrected chi connectivity index (χ4v) is 1.82. The first kappa shape index (κ1) is 14.0. The maximum Gasteiger partial charge on any atom is 0.303 e. The van der Waals surface area contributed by atoms with Crippen LogP contribution in [0.25, 0.3) is 0 Å². The molecule has 0 heterocycles. The van der Waals surface area contributed by atoms with Crippen molar-refractivity contribution < 1.29 is 14.7 Å². The van der Waals surface area contributed by atoms with Crippen LogP contribution >= 0.6 is 0 Å². The summed E-state index contributed by atoms with van der Waals surface area (Å²) in [7, 11) is 0. The van der Waals surface area contributed by atoms with Crippen LogP contribution in [0.3, 0.4) is 0 Å². The van der Waals surface area contributed by atoms with E-state index < -0.39 is 11.5 Å². The average Bonchev–Trinajstić information content (AvgIpc) is 2.96. The van der Waals surface area contributed by atoms with Crippen LogP contribution in [0.2, 0.25) is 0 Å². The lowest BCUT2D eigenvalue weighted by Crippen LogP contribution is -2.45. The smallest absolute Gasteiger partial charge is 0.303 e. The molecule has 17 heavy (non-hydrogen) atoms. The second-order valence-corrected chi connectivity index (χ2v) is 5.53. The van der Waals surface area contributed by atoms with Gasteiger partial charge >= 0.3 is 5.97 Å². The molecule has 1 aliphatic rings. The highest BCUT2D eigenvalue weighted by atomic mass is 16.4. The molecule has 1 rings (SSSR count). The number of carbonyl (C=O) groups excluding carboxylic acids is 1. The fraction of sp³-hybridized carbons (Fsp3) is 0.833. The summed E-state index contributed by atoms with van der Waals surface area (Å²) in [5.41, 5.74) is 5.38. The molecule has 1 aliphatic carbocycles. The Bertz CT molecular complexity index is 298. The van der Waals surface area contributed by atoms with Gasteiger partial charge in [-0.05, 0) is 39.0 Å². The van der Waals surface area contributed by atoms with E-state index in [0.29, 0.717) is 18.8 Å². The van der Waals surface area contributed by atoms with Crippen molar-refractivity contribution in [2.75, 3.05) is 0 Å². The lowest BCUT2D eigenvalue weighted by molar-refractivity contribution is -0.137. The molecule has 0 aromatic heterocycles. The summed E-state index contributed by atoms with van der Waals surface area (Å²) in [5.74, 6) is -0.426. The van der Waals surface area contributed by atoms with Gasteiger partial charge in [0.25, 0.3) is 0 Å². The molecular formula is C12H22N2O3. The first-order chi connectivity index (χ1) is 7.80. The van der Waals surface area contributed by atoms with Crippen molar-refractivity contribution >= 4 is 11.9 Å². The zero-order chi connectivity index (χ0) is 13.1. The van der Waals surface area contributed by atoms with E-state index in [1.165, 1.54) is 0 Å². The number of amides is 1. The number of nitrogens with two attached hydrogens (primary N) is 1. The Morgan fingerprint density at radius 2 is 2.06 bits per heavy atom. The molecule has 1 atom stereocenters. The first-order valence-electron chi connectivity index (χ1n) is 6.08. The van der Waals surface area contributed by atoms with Gasteiger partial charge in [-0.25, -0.2) is 0 Å². The van der Waals surface area contributed by atoms with Gasteiger partial charge in [-0.1, -0.05) is 0 Å². The van der Waals surface area contributed by atoms with Crippen molar-refractivity contribution in [1.82, 2.24) is 5.32 Å². The number of carbonyl (C=O) groups is 2. The third kappa shape index (κ3) is 5.68. The largest absolute Gasteiger partial charge is 0.481 e. The maximum atomic E-state index is 11.7. The summed E-state index contributed by atoms with van der Waals surface area (Å²) < 4.78 is 0. The number of carboxylic acids is 1. The first-order valence-corrected chi connectivity index (χ1v) is 6.08. The second-order valence-electron chi connectivity index (χ2n) is 5.53. The Balaban J connectivity index is 2.29. The predicted octanol–water partition coefficient (Wildman–Crippen LogP) is 0.873. The van der Waals surface area contributed by atoms with E-state index in [0.717, 1.165) is 12.8 Å². The number of nitrogens with one attached hydrogen (secondary N) is 1. The Morgan fingerprint density at radius 3 is 2.53 bits per heavy atom. The van der Waals surface area contributed by atoms with Gasteiger partial charge < -0.3 is 16.2 Å². The topological polar surface area (TPSA) is 92.4 Å². The summed E-state index contributed by atoms with van der Waals surface area (Å²) in [6.45, 7) is 3.66. The SMILES string of the molecule is CC(C)(CCC(=O)O)NC(=O)CC(N)C1CC1. The average molecular weight is 242 g/mol. The van der Waals surface area contributed by atoms with Crippen LogP contribution < -0.4 is 11.1 Å². The molecule has 1 unspecified atom stereocenters. The molecule has 5 heteroatoms. The normalized spacial score (nSPS) is 17.6. The van der Waals surface area contributed by atoms with Crippen LogP contribution in [0.1, 0.15) is 46.0 Å². The lowest BCUT2D eigenvalue weighted by atomic mass is 9.97. The molecule has 0 radical (unpaired) electrons. The maximum absolute atomic E-state index is 11.7. The number of aliphatic carboxylic acids is 1. The van der Waals surface area contributed by atoms with Crippen LogP contribution in [0.15, 0.2) is 0 Å². The molecule has 0 spiro atoms. The molecule has 4 N–H and O–H groups in total. The third-order valence-corrected chi connectivity index (χ3v) is 3.09. The standard InChI is InChI=1S/C12H22N2O3/c1-12(2,6-5-11(16)17)14-10(15)7-9(13)8-3-4-8/h8-9H,3-7,13H2,1-2H3,(H,14,15)(H,16,17). The van der Waals surface area contributed by atoms with Crippen molar-refractivity contribution in [2.24, 2.45) is 11.7 Å². The molecule has 0 aromatic carbocycles. The molecule has 0 aromatic rings. The van der Waals surface area contributed by atoms with Gasteiger partial charge in [0.2, 0.25) is 5.91 Å². The van der Waals surface area contributed by atoms with Crippen molar-refractivity contribution in [3.63, 3.8) is 0 Å². The van der Waals surface area contributed by atoms with Gasteiger partial charge in [0.1, 0.15) is 0 Å². The van der Waals surface area contributed by atoms with Crippen LogP contribution in [-0.2, 0) is 9.59 Å². The van der Waals surface area contributed by atoms with Gasteiger partial charge in [-0.15, -0.1) is 0 Å². The molecule has 1 amide bonds. The van der Waals surface area contributed by atoms with Crippen molar-refractivity contribution in [2.45, 2.75) is 57.5 Å². The quantitative estimate of drug-likeness (QED) is 0.617. The van der Waals surface area contributed by atoms with Crippen LogP contribution in [0.5, 0.6) is 0 Å². The van der Waals surface area contributed by atoms with Gasteiger partial charge in [0, 0.05) is 24.4 Å². The van der Waals surface area contributed by atoms with E-state index >= 15 is 0 Å². The Labute approximate surface area is 102 Å². The van der Waals surface area contributed by atoms with Crippen molar-refractivity contribution in [3.05, 3.63) is 0 Å². The summed E-state index contributed by atoms with van der Waals surface area (Å²) in [5, 5.41) is 11.4. The van der Waals surface area contributed by atoms with Crippen molar-refractivity contribution in [1.29, 1.82) is 0 Å². The van der Waals surface area contributed by atoms with Crippen LogP contribution in [0, 0.1) is 5.92 Å². The van der Waals surface area contributed by atoms with Gasteiger partial charge in [0.15, 0.2) is 0 Å². The molecule has 1 fully saturated rings. The van der Waals surface area contributed by atoms with Crippen LogP contribution in [-0.4, -0.2) is 28.6 Å². The van der Waals surface area contributed by atoms with E-state index in [4.69, 9.17) is 10.8 Å². The molecule has 0 saturated heterocycles. The number of rotatable bonds is 7. The minimum absolute atomic E-state index is 0.0507. The van der Waals surface area contributed by atoms with Gasteiger partial charge in [-0.3, -0.25) is 9.59 Å². The minimum Gasteiger partial charge on any atom is -0.481 e. The highest BCUT2D eigenvalue weighted by molar-refractivity contribution is 5.77. The van der Waals surface area contributed by atoms with E-state index in [2.05, 4.69) is 5.32 Å². The monoisotopic (exact) mass is 242 g/mol. The molecule has 5 nitrogen and oxygen atoms in total. The summed E-state index contributed by atoms with van der Waals surface area (Å²) >= 11 is 0. The van der Waals surface area contributed by atoms with E-state index in [-0.39, 0.29) is 18.4 Å². The zero-order valence-electron chi connectivity index (χ0n) is 10.5. The zero-order valence-corrected chi connectivity index (χ0v) is 10.5. The molecule has 1 saturated carbocycles. The highest BCUT2D eigenvalue weighted by Gasteiger charge is 2.31. The summed E-state index contributed by atoms with van der Waals surface area (Å²) in [6, 6.07) is -0.0507. The molecule has 0 aliphatic heterocycles. The predicted molar refractivity (Wildman–Crippen MR) is 64.4 cm³/mol. The number of carboxylic acid groups (broad SMARTS) is 1.